The van der Waals surface area contributed by atoms with E-state index in [0.717, 1.165) is 4.90 Å². The summed E-state index contributed by atoms with van der Waals surface area (Å²) in [7, 11) is 0. The number of hydrogen-bond donors (Lipinski definition) is 1. The van der Waals surface area contributed by atoms with Crippen LogP contribution in [0.15, 0.2) is 30.6 Å². The summed E-state index contributed by atoms with van der Waals surface area (Å²) < 4.78 is 4.94. The van der Waals surface area contributed by atoms with Gasteiger partial charge in [-0.2, -0.15) is 0 Å². The summed E-state index contributed by atoms with van der Waals surface area (Å²) in [6.07, 6.45) is 3.08. The van der Waals surface area contributed by atoms with Crippen LogP contribution in [0.25, 0.3) is 11.0 Å². The van der Waals surface area contributed by atoms with Crippen LogP contribution in [0.1, 0.15) is 10.4 Å². The maximum Gasteiger partial charge on any atom is 0.338 e. The third kappa shape index (κ3) is 2.71. The van der Waals surface area contributed by atoms with Crippen LogP contribution >= 0.6 is 0 Å². The summed E-state index contributed by atoms with van der Waals surface area (Å²) in [5, 5.41) is 2.50. The summed E-state index contributed by atoms with van der Waals surface area (Å²) in [4.78, 5) is 44.2. The summed E-state index contributed by atoms with van der Waals surface area (Å²) in [6, 6.07) is 4.26. The number of nitrogens with zero attached hydrogens (tertiary/aromatic N) is 3. The van der Waals surface area contributed by atoms with Crippen LogP contribution in [-0.2, 0) is 9.53 Å². The van der Waals surface area contributed by atoms with Gasteiger partial charge in [-0.1, -0.05) is 0 Å². The van der Waals surface area contributed by atoms with Crippen molar-refractivity contribution in [1.29, 1.82) is 0 Å². The van der Waals surface area contributed by atoms with E-state index in [1.165, 1.54) is 12.3 Å². The van der Waals surface area contributed by atoms with Crippen molar-refractivity contribution >= 4 is 28.9 Å². The fraction of sp³-hybridized carbons (Fsp3) is 0.214. The topological polar surface area (TPSA) is 101 Å². The number of carbonyl (C=O) groups excluding carboxylic acids is 3. The molecule has 1 aliphatic heterocycles. The number of aromatic nitrogens is 2. The molecule has 1 N–H and O–H groups in total. The molecule has 0 saturated carbocycles. The predicted octanol–water partition coefficient (Wildman–Crippen LogP) is 0.338. The molecule has 1 aromatic carbocycles. The Bertz CT molecular complexity index is 761. The fourth-order valence-electron chi connectivity index (χ4n) is 2.09. The van der Waals surface area contributed by atoms with E-state index in [1.807, 2.05) is 0 Å². The standard InChI is InChI=1S/C14H12N4O4/c19-12(18-6-5-17-14(18)21)8-22-13(20)9-1-2-10-11(7-9)16-4-3-15-10/h1-4,7H,5-6,8H2,(H,17,21). The number of hydrogen-bond acceptors (Lipinski definition) is 6. The number of amides is 3. The smallest absolute Gasteiger partial charge is 0.338 e. The number of urea groups is 1. The van der Waals surface area contributed by atoms with Gasteiger partial charge in [0.25, 0.3) is 5.91 Å². The number of carbonyl (C=O) groups is 3. The first-order valence-electron chi connectivity index (χ1n) is 6.61. The minimum atomic E-state index is -0.652. The van der Waals surface area contributed by atoms with Crippen LogP contribution in [0.2, 0.25) is 0 Å². The van der Waals surface area contributed by atoms with E-state index in [2.05, 4.69) is 15.3 Å². The van der Waals surface area contributed by atoms with Crippen molar-refractivity contribution in [3.63, 3.8) is 0 Å². The van der Waals surface area contributed by atoms with E-state index >= 15 is 0 Å². The lowest BCUT2D eigenvalue weighted by Gasteiger charge is -2.12. The van der Waals surface area contributed by atoms with Gasteiger partial charge in [-0.25, -0.2) is 9.59 Å². The maximum absolute atomic E-state index is 11.9. The highest BCUT2D eigenvalue weighted by atomic mass is 16.5. The highest BCUT2D eigenvalue weighted by Crippen LogP contribution is 2.12. The lowest BCUT2D eigenvalue weighted by atomic mass is 10.2. The highest BCUT2D eigenvalue weighted by molar-refractivity contribution is 5.98. The van der Waals surface area contributed by atoms with Gasteiger partial charge >= 0.3 is 12.0 Å². The molecule has 0 radical (unpaired) electrons. The van der Waals surface area contributed by atoms with Crippen molar-refractivity contribution in [2.45, 2.75) is 0 Å². The van der Waals surface area contributed by atoms with E-state index < -0.39 is 24.5 Å². The lowest BCUT2D eigenvalue weighted by molar-refractivity contribution is -0.130. The first kappa shape index (κ1) is 13.9. The molecule has 8 nitrogen and oxygen atoms in total. The largest absolute Gasteiger partial charge is 0.452 e. The Morgan fingerprint density at radius 1 is 1.23 bits per heavy atom. The number of nitrogens with one attached hydrogen (secondary N) is 1. The van der Waals surface area contributed by atoms with Gasteiger partial charge in [0.2, 0.25) is 0 Å². The molecule has 0 spiro atoms. The monoisotopic (exact) mass is 300 g/mol. The number of fused-ring (bicyclic) bond motifs is 1. The Morgan fingerprint density at radius 2 is 2.00 bits per heavy atom. The van der Waals surface area contributed by atoms with Gasteiger partial charge in [-0.05, 0) is 18.2 Å². The molecule has 112 valence electrons. The van der Waals surface area contributed by atoms with Crippen molar-refractivity contribution in [3.8, 4) is 0 Å². The Balaban J connectivity index is 1.65. The molecule has 3 amide bonds. The molecule has 3 rings (SSSR count). The molecule has 0 unspecified atom stereocenters. The number of rotatable bonds is 3. The summed E-state index contributed by atoms with van der Waals surface area (Å²) in [5.41, 5.74) is 1.48. The van der Waals surface area contributed by atoms with Gasteiger partial charge in [-0.3, -0.25) is 19.7 Å². The average Bonchev–Trinajstić information content (AvgIpc) is 2.98. The summed E-state index contributed by atoms with van der Waals surface area (Å²) in [6.45, 7) is 0.202. The maximum atomic E-state index is 11.9. The molecule has 1 aliphatic rings. The predicted molar refractivity (Wildman–Crippen MR) is 74.9 cm³/mol. The third-order valence-electron chi connectivity index (χ3n) is 3.19. The third-order valence-corrected chi connectivity index (χ3v) is 3.19. The molecule has 1 fully saturated rings. The van der Waals surface area contributed by atoms with Crippen molar-refractivity contribution in [2.75, 3.05) is 19.7 Å². The van der Waals surface area contributed by atoms with Crippen LogP contribution < -0.4 is 5.32 Å². The van der Waals surface area contributed by atoms with E-state index in [-0.39, 0.29) is 12.1 Å². The zero-order valence-electron chi connectivity index (χ0n) is 11.5. The minimum Gasteiger partial charge on any atom is -0.452 e. The number of imide groups is 1. The fourth-order valence-corrected chi connectivity index (χ4v) is 2.09. The van der Waals surface area contributed by atoms with Crippen LogP contribution in [-0.4, -0.2) is 52.5 Å². The molecule has 8 heteroatoms. The molecule has 1 saturated heterocycles. The molecule has 22 heavy (non-hydrogen) atoms. The van der Waals surface area contributed by atoms with Crippen LogP contribution in [0, 0.1) is 0 Å². The average molecular weight is 300 g/mol. The quantitative estimate of drug-likeness (QED) is 0.820. The van der Waals surface area contributed by atoms with Gasteiger partial charge in [0.1, 0.15) is 0 Å². The van der Waals surface area contributed by atoms with Gasteiger partial charge < -0.3 is 10.1 Å². The Hall–Kier alpha value is -3.03. The normalized spacial score (nSPS) is 14.0. The van der Waals surface area contributed by atoms with Crippen molar-refractivity contribution in [2.24, 2.45) is 0 Å². The molecule has 0 aliphatic carbocycles. The molecular weight excluding hydrogens is 288 g/mol. The lowest BCUT2D eigenvalue weighted by Crippen LogP contribution is -2.37. The van der Waals surface area contributed by atoms with Crippen molar-refractivity contribution < 1.29 is 19.1 Å². The zero-order valence-corrected chi connectivity index (χ0v) is 11.5. The number of ether oxygens (including phenoxy) is 1. The van der Waals surface area contributed by atoms with E-state index in [9.17, 15) is 14.4 Å². The first-order valence-corrected chi connectivity index (χ1v) is 6.61. The molecule has 0 atom stereocenters. The second-order valence-electron chi connectivity index (χ2n) is 4.61. The Kier molecular flexibility index (Phi) is 3.65. The second kappa shape index (κ2) is 5.76. The molecule has 2 aromatic rings. The van der Waals surface area contributed by atoms with E-state index in [1.54, 1.807) is 18.3 Å². The minimum absolute atomic E-state index is 0.270. The molecular formula is C14H12N4O4. The zero-order chi connectivity index (χ0) is 15.5. The van der Waals surface area contributed by atoms with E-state index in [0.29, 0.717) is 17.6 Å². The van der Waals surface area contributed by atoms with Gasteiger partial charge in [0.15, 0.2) is 6.61 Å². The van der Waals surface area contributed by atoms with E-state index in [4.69, 9.17) is 4.74 Å². The Morgan fingerprint density at radius 3 is 2.73 bits per heavy atom. The summed E-state index contributed by atoms with van der Waals surface area (Å²) >= 11 is 0. The van der Waals surface area contributed by atoms with Crippen LogP contribution in [0.3, 0.4) is 0 Å². The highest BCUT2D eigenvalue weighted by Gasteiger charge is 2.26. The summed E-state index contributed by atoms with van der Waals surface area (Å²) in [5.74, 6) is -1.20. The van der Waals surface area contributed by atoms with Crippen LogP contribution in [0.4, 0.5) is 4.79 Å². The van der Waals surface area contributed by atoms with Crippen molar-refractivity contribution in [1.82, 2.24) is 20.2 Å². The molecule has 2 heterocycles. The number of benzene rings is 1. The molecule has 1 aromatic heterocycles. The number of esters is 1. The SMILES string of the molecule is O=C(OCC(=O)N1CCNC1=O)c1ccc2nccnc2c1. The van der Waals surface area contributed by atoms with Gasteiger partial charge in [0.05, 0.1) is 16.6 Å². The van der Waals surface area contributed by atoms with Gasteiger partial charge in [-0.15, -0.1) is 0 Å². The van der Waals surface area contributed by atoms with Crippen molar-refractivity contribution in [3.05, 3.63) is 36.2 Å². The second-order valence-corrected chi connectivity index (χ2v) is 4.61. The Labute approximate surface area is 125 Å². The van der Waals surface area contributed by atoms with Crippen LogP contribution in [0.5, 0.6) is 0 Å². The first-order chi connectivity index (χ1) is 10.6. The van der Waals surface area contributed by atoms with Gasteiger partial charge in [0, 0.05) is 25.5 Å². The molecule has 0 bridgehead atoms.